The maximum absolute atomic E-state index is 13.1. The maximum Gasteiger partial charge on any atom is 0.251 e. The number of fused-ring (bicyclic) bond motifs is 1. The smallest absolute Gasteiger partial charge is 0.251 e. The van der Waals surface area contributed by atoms with Gasteiger partial charge >= 0.3 is 0 Å². The zero-order valence-corrected chi connectivity index (χ0v) is 18.8. The molecule has 33 heavy (non-hydrogen) atoms. The number of rotatable bonds is 8. The van der Waals surface area contributed by atoms with Crippen molar-refractivity contribution in [1.82, 2.24) is 24.8 Å². The molecule has 0 unspecified atom stereocenters. The van der Waals surface area contributed by atoms with Gasteiger partial charge in [-0.05, 0) is 34.9 Å². The van der Waals surface area contributed by atoms with Gasteiger partial charge in [0.1, 0.15) is 0 Å². The van der Waals surface area contributed by atoms with Crippen molar-refractivity contribution in [1.29, 1.82) is 0 Å². The number of para-hydroxylation sites is 2. The van der Waals surface area contributed by atoms with Crippen molar-refractivity contribution in [3.63, 3.8) is 0 Å². The zero-order valence-electron chi connectivity index (χ0n) is 17.9. The van der Waals surface area contributed by atoms with E-state index in [-0.39, 0.29) is 5.91 Å². The second-order valence-electron chi connectivity index (χ2n) is 7.69. The minimum atomic E-state index is -0.0757. The summed E-state index contributed by atoms with van der Waals surface area (Å²) >= 11 is 1.59. The summed E-state index contributed by atoms with van der Waals surface area (Å²) in [5.74, 6) is 0.578. The number of carbonyl (C=O) groups excluding carboxylic acids is 1. The second-order valence-corrected chi connectivity index (χ2v) is 8.66. The van der Waals surface area contributed by atoms with E-state index in [2.05, 4.69) is 32.4 Å². The van der Waals surface area contributed by atoms with Gasteiger partial charge in [0.15, 0.2) is 5.16 Å². The number of nitrogens with zero attached hydrogens (tertiary/aromatic N) is 3. The molecule has 0 aliphatic heterocycles. The molecule has 164 valence electrons. The molecule has 0 atom stereocenters. The molecule has 7 heteroatoms. The Kier molecular flexibility index (Phi) is 6.21. The molecule has 0 bridgehead atoms. The van der Waals surface area contributed by atoms with Crippen LogP contribution in [0.5, 0.6) is 0 Å². The Labute approximate surface area is 196 Å². The summed E-state index contributed by atoms with van der Waals surface area (Å²) in [4.78, 5) is 25.1. The van der Waals surface area contributed by atoms with Crippen LogP contribution in [-0.2, 0) is 18.8 Å². The fourth-order valence-corrected chi connectivity index (χ4v) is 4.63. The Morgan fingerprint density at radius 2 is 1.70 bits per heavy atom. The highest BCUT2D eigenvalue weighted by Gasteiger charge is 2.13. The zero-order chi connectivity index (χ0) is 22.5. The molecular formula is C26H23N5OS. The summed E-state index contributed by atoms with van der Waals surface area (Å²) in [7, 11) is 0. The third kappa shape index (κ3) is 4.99. The number of imidazole rings is 2. The van der Waals surface area contributed by atoms with Crippen LogP contribution in [0, 0.1) is 0 Å². The molecule has 0 aliphatic carbocycles. The van der Waals surface area contributed by atoms with Crippen LogP contribution in [0.4, 0.5) is 0 Å². The summed E-state index contributed by atoms with van der Waals surface area (Å²) < 4.78 is 2.02. The number of H-pyrrole nitrogens is 1. The first-order valence-electron chi connectivity index (χ1n) is 10.7. The van der Waals surface area contributed by atoms with Crippen LogP contribution in [0.1, 0.15) is 27.0 Å². The van der Waals surface area contributed by atoms with Crippen molar-refractivity contribution in [3.8, 4) is 0 Å². The van der Waals surface area contributed by atoms with E-state index in [1.165, 1.54) is 0 Å². The number of carbonyl (C=O) groups is 1. The minimum absolute atomic E-state index is 0.0757. The van der Waals surface area contributed by atoms with Crippen LogP contribution >= 0.6 is 11.8 Å². The molecule has 2 N–H and O–H groups in total. The molecule has 2 aromatic heterocycles. The monoisotopic (exact) mass is 453 g/mol. The van der Waals surface area contributed by atoms with Crippen molar-refractivity contribution in [2.75, 3.05) is 0 Å². The number of aromatic amines is 1. The van der Waals surface area contributed by atoms with Crippen LogP contribution in [-0.4, -0.2) is 25.4 Å². The first kappa shape index (κ1) is 21.0. The Balaban J connectivity index is 1.26. The van der Waals surface area contributed by atoms with Crippen LogP contribution in [0.15, 0.2) is 96.7 Å². The average Bonchev–Trinajstić information content (AvgIpc) is 3.51. The van der Waals surface area contributed by atoms with E-state index >= 15 is 0 Å². The minimum Gasteiger partial charge on any atom is -0.348 e. The van der Waals surface area contributed by atoms with Crippen LogP contribution in [0.2, 0.25) is 0 Å². The van der Waals surface area contributed by atoms with E-state index in [1.807, 2.05) is 71.4 Å². The second kappa shape index (κ2) is 9.75. The van der Waals surface area contributed by atoms with Crippen LogP contribution in [0.3, 0.4) is 0 Å². The van der Waals surface area contributed by atoms with Gasteiger partial charge in [-0.1, -0.05) is 66.4 Å². The molecular weight excluding hydrogens is 430 g/mol. The molecule has 5 rings (SSSR count). The fraction of sp³-hybridized carbons (Fsp3) is 0.115. The predicted molar refractivity (Wildman–Crippen MR) is 131 cm³/mol. The molecule has 2 heterocycles. The number of aromatic nitrogens is 4. The van der Waals surface area contributed by atoms with Crippen molar-refractivity contribution in [2.24, 2.45) is 0 Å². The quantitative estimate of drug-likeness (QED) is 0.323. The van der Waals surface area contributed by atoms with Gasteiger partial charge in [-0.15, -0.1) is 0 Å². The molecule has 0 saturated carbocycles. The van der Waals surface area contributed by atoms with Crippen molar-refractivity contribution in [2.45, 2.75) is 24.0 Å². The SMILES string of the molecule is O=C(NCc1ccccc1Cn1ccnc1)c1ccccc1CSc1nc2ccccc2[nH]1. The molecule has 0 fully saturated rings. The summed E-state index contributed by atoms with van der Waals surface area (Å²) in [6.07, 6.45) is 5.50. The highest BCUT2D eigenvalue weighted by Crippen LogP contribution is 2.24. The van der Waals surface area contributed by atoms with Gasteiger partial charge in [-0.2, -0.15) is 0 Å². The molecule has 0 spiro atoms. The van der Waals surface area contributed by atoms with E-state index < -0.39 is 0 Å². The number of thioether (sulfide) groups is 1. The number of hydrogen-bond acceptors (Lipinski definition) is 4. The highest BCUT2D eigenvalue weighted by molar-refractivity contribution is 7.98. The van der Waals surface area contributed by atoms with Gasteiger partial charge in [0.2, 0.25) is 0 Å². The van der Waals surface area contributed by atoms with Gasteiger partial charge in [0.05, 0.1) is 17.4 Å². The number of amides is 1. The predicted octanol–water partition coefficient (Wildman–Crippen LogP) is 5.03. The lowest BCUT2D eigenvalue weighted by atomic mass is 10.1. The third-order valence-corrected chi connectivity index (χ3v) is 6.39. The summed E-state index contributed by atoms with van der Waals surface area (Å²) in [6.45, 7) is 1.19. The molecule has 0 saturated heterocycles. The van der Waals surface area contributed by atoms with Gasteiger partial charge in [-0.3, -0.25) is 4.79 Å². The summed E-state index contributed by atoms with van der Waals surface area (Å²) in [5.41, 5.74) is 5.87. The van der Waals surface area contributed by atoms with Gasteiger partial charge < -0.3 is 14.9 Å². The van der Waals surface area contributed by atoms with E-state index in [0.29, 0.717) is 17.9 Å². The topological polar surface area (TPSA) is 75.6 Å². The molecule has 6 nitrogen and oxygen atoms in total. The molecule has 1 amide bonds. The largest absolute Gasteiger partial charge is 0.348 e. The number of hydrogen-bond donors (Lipinski definition) is 2. The van der Waals surface area contributed by atoms with Crippen LogP contribution < -0.4 is 5.32 Å². The normalized spacial score (nSPS) is 11.0. The van der Waals surface area contributed by atoms with E-state index in [0.717, 1.165) is 39.4 Å². The summed E-state index contributed by atoms with van der Waals surface area (Å²) in [6, 6.07) is 23.9. The first-order chi connectivity index (χ1) is 16.3. The van der Waals surface area contributed by atoms with Crippen molar-refractivity contribution < 1.29 is 4.79 Å². The Bertz CT molecular complexity index is 1340. The van der Waals surface area contributed by atoms with Gasteiger partial charge in [0, 0.05) is 36.8 Å². The van der Waals surface area contributed by atoms with Crippen molar-refractivity contribution >= 4 is 28.7 Å². The molecule has 0 aliphatic rings. The number of nitrogens with one attached hydrogen (secondary N) is 2. The Hall–Kier alpha value is -3.84. The number of benzene rings is 3. The lowest BCUT2D eigenvalue weighted by Gasteiger charge is -2.13. The highest BCUT2D eigenvalue weighted by atomic mass is 32.2. The third-order valence-electron chi connectivity index (χ3n) is 5.46. The fourth-order valence-electron chi connectivity index (χ4n) is 3.74. The Morgan fingerprint density at radius 1 is 0.939 bits per heavy atom. The average molecular weight is 454 g/mol. The maximum atomic E-state index is 13.1. The first-order valence-corrected chi connectivity index (χ1v) is 11.7. The molecule has 5 aromatic rings. The molecule has 0 radical (unpaired) electrons. The summed E-state index contributed by atoms with van der Waals surface area (Å²) in [5, 5.41) is 3.95. The standard InChI is InChI=1S/C26H23N5OS/c32-25(28-15-19-7-1-2-8-20(19)16-31-14-13-27-18-31)22-10-4-3-9-21(22)17-33-26-29-23-11-5-6-12-24(23)30-26/h1-14,18H,15-17H2,(H,28,32)(H,29,30). The van der Waals surface area contributed by atoms with Crippen LogP contribution in [0.25, 0.3) is 11.0 Å². The van der Waals surface area contributed by atoms with E-state index in [4.69, 9.17) is 0 Å². The van der Waals surface area contributed by atoms with E-state index in [1.54, 1.807) is 24.3 Å². The lowest BCUT2D eigenvalue weighted by molar-refractivity contribution is 0.0950. The Morgan fingerprint density at radius 3 is 2.52 bits per heavy atom. The van der Waals surface area contributed by atoms with Crippen molar-refractivity contribution in [3.05, 3.63) is 114 Å². The lowest BCUT2D eigenvalue weighted by Crippen LogP contribution is -2.24. The molecule has 3 aromatic carbocycles. The van der Waals surface area contributed by atoms with Gasteiger partial charge in [0.25, 0.3) is 5.91 Å². The van der Waals surface area contributed by atoms with Gasteiger partial charge in [-0.25, -0.2) is 9.97 Å². The van der Waals surface area contributed by atoms with E-state index in [9.17, 15) is 4.79 Å².